The lowest BCUT2D eigenvalue weighted by Gasteiger charge is -2.04. The van der Waals surface area contributed by atoms with Gasteiger partial charge in [-0.05, 0) is 0 Å². The summed E-state index contributed by atoms with van der Waals surface area (Å²) in [7, 11) is 1.53. The van der Waals surface area contributed by atoms with Crippen LogP contribution in [0.5, 0.6) is 0 Å². The lowest BCUT2D eigenvalue weighted by atomic mass is 10.2. The fourth-order valence-corrected chi connectivity index (χ4v) is 0.811. The summed E-state index contributed by atoms with van der Waals surface area (Å²) < 4.78 is 36.7. The highest BCUT2D eigenvalue weighted by Crippen LogP contribution is 2.17. The Bertz CT molecular complexity index is 316. The van der Waals surface area contributed by atoms with E-state index >= 15 is 0 Å². The van der Waals surface area contributed by atoms with E-state index < -0.39 is 18.4 Å². The highest BCUT2D eigenvalue weighted by Gasteiger charge is 2.38. The molecular weight excluding hydrogens is 185 g/mol. The van der Waals surface area contributed by atoms with Crippen molar-refractivity contribution < 1.29 is 18.0 Å². The number of Topliss-reactive ketones (excluding diaryl/α,β-unsaturated/α-hetero) is 1. The molecule has 0 amide bonds. The van der Waals surface area contributed by atoms with E-state index in [0.29, 0.717) is 0 Å². The number of carbonyl (C=O) groups is 1. The Balaban J connectivity index is 2.71. The van der Waals surface area contributed by atoms with Crippen molar-refractivity contribution >= 4 is 5.78 Å². The molecule has 72 valence electrons. The van der Waals surface area contributed by atoms with Gasteiger partial charge in [-0.25, -0.2) is 4.98 Å². The van der Waals surface area contributed by atoms with Gasteiger partial charge in [-0.3, -0.25) is 4.79 Å². The van der Waals surface area contributed by atoms with Gasteiger partial charge in [0.05, 0.1) is 6.42 Å². The predicted molar refractivity (Wildman–Crippen MR) is 38.0 cm³/mol. The zero-order valence-corrected chi connectivity index (χ0v) is 6.80. The monoisotopic (exact) mass is 192 g/mol. The average Bonchev–Trinajstić information content (AvgIpc) is 2.34. The summed E-state index contributed by atoms with van der Waals surface area (Å²) in [6.45, 7) is 0. The molecule has 13 heavy (non-hydrogen) atoms. The highest BCUT2D eigenvalue weighted by molar-refractivity contribution is 5.85. The molecule has 0 aliphatic heterocycles. The average molecular weight is 192 g/mol. The third-order valence-electron chi connectivity index (χ3n) is 1.56. The van der Waals surface area contributed by atoms with Crippen LogP contribution in [0.4, 0.5) is 13.2 Å². The fraction of sp³-hybridized carbons (Fsp3) is 0.429. The second-order valence-electron chi connectivity index (χ2n) is 2.55. The van der Waals surface area contributed by atoms with Gasteiger partial charge >= 0.3 is 6.18 Å². The van der Waals surface area contributed by atoms with Gasteiger partial charge in [0.1, 0.15) is 5.82 Å². The minimum absolute atomic E-state index is 0.113. The first kappa shape index (κ1) is 9.76. The van der Waals surface area contributed by atoms with E-state index in [9.17, 15) is 18.0 Å². The van der Waals surface area contributed by atoms with Crippen LogP contribution in [0.15, 0.2) is 12.4 Å². The van der Waals surface area contributed by atoms with E-state index in [1.807, 2.05) is 0 Å². The number of hydrogen-bond acceptors (Lipinski definition) is 2. The number of ketones is 1. The van der Waals surface area contributed by atoms with Gasteiger partial charge in [-0.15, -0.1) is 0 Å². The molecule has 0 saturated carbocycles. The van der Waals surface area contributed by atoms with E-state index in [4.69, 9.17) is 0 Å². The minimum Gasteiger partial charge on any atom is -0.338 e. The van der Waals surface area contributed by atoms with E-state index in [1.54, 1.807) is 0 Å². The van der Waals surface area contributed by atoms with Crippen molar-refractivity contribution in [1.29, 1.82) is 0 Å². The number of hydrogen-bond donors (Lipinski definition) is 0. The molecule has 1 aromatic rings. The van der Waals surface area contributed by atoms with Gasteiger partial charge < -0.3 is 4.57 Å². The van der Waals surface area contributed by atoms with Gasteiger partial charge in [0.2, 0.25) is 5.78 Å². The number of aryl methyl sites for hydroxylation is 1. The van der Waals surface area contributed by atoms with Gasteiger partial charge in [0, 0.05) is 19.4 Å². The normalized spacial score (nSPS) is 11.7. The Hall–Kier alpha value is -1.33. The summed E-state index contributed by atoms with van der Waals surface area (Å²) >= 11 is 0. The van der Waals surface area contributed by atoms with Gasteiger partial charge in [0.15, 0.2) is 0 Å². The quantitative estimate of drug-likeness (QED) is 0.703. The van der Waals surface area contributed by atoms with Crippen molar-refractivity contribution in [3.05, 3.63) is 18.2 Å². The number of aromatic nitrogens is 2. The number of nitrogens with zero attached hydrogens (tertiary/aromatic N) is 2. The van der Waals surface area contributed by atoms with Gasteiger partial charge in [0.25, 0.3) is 0 Å². The first-order chi connectivity index (χ1) is 5.91. The van der Waals surface area contributed by atoms with Crippen molar-refractivity contribution in [2.45, 2.75) is 12.6 Å². The van der Waals surface area contributed by atoms with Crippen LogP contribution in [-0.4, -0.2) is 21.5 Å². The second kappa shape index (κ2) is 3.20. The van der Waals surface area contributed by atoms with Crippen LogP contribution in [0, 0.1) is 0 Å². The molecule has 0 aliphatic carbocycles. The molecule has 0 fully saturated rings. The number of rotatable bonds is 2. The van der Waals surface area contributed by atoms with E-state index in [1.165, 1.54) is 24.0 Å². The summed E-state index contributed by atoms with van der Waals surface area (Å²) in [6, 6.07) is 0. The lowest BCUT2D eigenvalue weighted by Crippen LogP contribution is -2.25. The SMILES string of the molecule is Cn1ccnc1CC(=O)C(F)(F)F. The second-order valence-corrected chi connectivity index (χ2v) is 2.55. The number of halogens is 3. The standard InChI is InChI=1S/C7H7F3N2O/c1-12-3-2-11-6(12)4-5(13)7(8,9)10/h2-3H,4H2,1H3. The van der Waals surface area contributed by atoms with E-state index in [2.05, 4.69) is 4.98 Å². The third-order valence-corrected chi connectivity index (χ3v) is 1.56. The molecule has 1 aromatic heterocycles. The first-order valence-corrected chi connectivity index (χ1v) is 3.47. The minimum atomic E-state index is -4.77. The number of imidazole rings is 1. The van der Waals surface area contributed by atoms with Crippen LogP contribution < -0.4 is 0 Å². The molecule has 0 aromatic carbocycles. The third kappa shape index (κ3) is 2.30. The van der Waals surface area contributed by atoms with Crippen molar-refractivity contribution in [2.75, 3.05) is 0 Å². The summed E-state index contributed by atoms with van der Waals surface area (Å²) in [5.74, 6) is -1.66. The number of alkyl halides is 3. The van der Waals surface area contributed by atoms with Crippen molar-refractivity contribution in [1.82, 2.24) is 9.55 Å². The van der Waals surface area contributed by atoms with Crippen LogP contribution in [-0.2, 0) is 18.3 Å². The molecule has 3 nitrogen and oxygen atoms in total. The molecule has 6 heteroatoms. The molecule has 1 rings (SSSR count). The Morgan fingerprint density at radius 3 is 2.62 bits per heavy atom. The van der Waals surface area contributed by atoms with E-state index in [-0.39, 0.29) is 5.82 Å². The largest absolute Gasteiger partial charge is 0.450 e. The molecule has 0 bridgehead atoms. The van der Waals surface area contributed by atoms with Crippen LogP contribution in [0.3, 0.4) is 0 Å². The molecule has 1 heterocycles. The summed E-state index contributed by atoms with van der Waals surface area (Å²) in [4.78, 5) is 14.1. The molecule has 0 unspecified atom stereocenters. The van der Waals surface area contributed by atoms with Crippen molar-refractivity contribution in [3.8, 4) is 0 Å². The van der Waals surface area contributed by atoms with E-state index in [0.717, 1.165) is 0 Å². The summed E-state index contributed by atoms with van der Waals surface area (Å²) in [5, 5.41) is 0. The predicted octanol–water partition coefficient (Wildman–Crippen LogP) is 1.09. The zero-order chi connectivity index (χ0) is 10.1. The molecule has 0 atom stereocenters. The lowest BCUT2D eigenvalue weighted by molar-refractivity contribution is -0.170. The molecular formula is C7H7F3N2O. The van der Waals surface area contributed by atoms with Crippen molar-refractivity contribution in [2.24, 2.45) is 7.05 Å². The maximum atomic E-state index is 11.8. The van der Waals surface area contributed by atoms with Gasteiger partial charge in [-0.1, -0.05) is 0 Å². The summed E-state index contributed by atoms with van der Waals surface area (Å²) in [6.07, 6.45) is -2.64. The Morgan fingerprint density at radius 2 is 2.23 bits per heavy atom. The Labute approximate surface area is 72.2 Å². The smallest absolute Gasteiger partial charge is 0.338 e. The molecule has 0 aliphatic rings. The fourth-order valence-electron chi connectivity index (χ4n) is 0.811. The van der Waals surface area contributed by atoms with Crippen LogP contribution in [0.25, 0.3) is 0 Å². The number of carbonyl (C=O) groups excluding carboxylic acids is 1. The summed E-state index contributed by atoms with van der Waals surface area (Å²) in [5.41, 5.74) is 0. The molecule has 0 spiro atoms. The maximum Gasteiger partial charge on any atom is 0.450 e. The molecule has 0 N–H and O–H groups in total. The van der Waals surface area contributed by atoms with Gasteiger partial charge in [-0.2, -0.15) is 13.2 Å². The maximum absolute atomic E-state index is 11.8. The molecule has 0 radical (unpaired) electrons. The van der Waals surface area contributed by atoms with Crippen molar-refractivity contribution in [3.63, 3.8) is 0 Å². The Morgan fingerprint density at radius 1 is 1.62 bits per heavy atom. The zero-order valence-electron chi connectivity index (χ0n) is 6.80. The first-order valence-electron chi connectivity index (χ1n) is 3.47. The van der Waals surface area contributed by atoms with Crippen LogP contribution in [0.1, 0.15) is 5.82 Å². The topological polar surface area (TPSA) is 34.9 Å². The van der Waals surface area contributed by atoms with Crippen LogP contribution >= 0.6 is 0 Å². The Kier molecular flexibility index (Phi) is 2.40. The molecule has 0 saturated heterocycles. The highest BCUT2D eigenvalue weighted by atomic mass is 19.4. The van der Waals surface area contributed by atoms with Crippen LogP contribution in [0.2, 0.25) is 0 Å².